The van der Waals surface area contributed by atoms with Gasteiger partial charge in [0.25, 0.3) is 0 Å². The van der Waals surface area contributed by atoms with Gasteiger partial charge in [0, 0.05) is 13.1 Å². The van der Waals surface area contributed by atoms with Crippen molar-refractivity contribution in [3.63, 3.8) is 0 Å². The van der Waals surface area contributed by atoms with Gasteiger partial charge in [-0.3, -0.25) is 9.80 Å². The fraction of sp³-hybridized carbons (Fsp3) is 0.476. The summed E-state index contributed by atoms with van der Waals surface area (Å²) >= 11 is 0. The van der Waals surface area contributed by atoms with Crippen LogP contribution in [0.15, 0.2) is 47.1 Å². The monoisotopic (exact) mass is 352 g/mol. The summed E-state index contributed by atoms with van der Waals surface area (Å²) in [4.78, 5) is 17.4. The highest BCUT2D eigenvalue weighted by atomic mass is 16.6. The minimum absolute atomic E-state index is 0.0272. The molecule has 4 aliphatic rings. The van der Waals surface area contributed by atoms with Crippen LogP contribution in [0.2, 0.25) is 0 Å². The van der Waals surface area contributed by atoms with Gasteiger partial charge in [-0.05, 0) is 61.5 Å². The number of fused-ring (bicyclic) bond motifs is 4. The molecule has 2 bridgehead atoms. The van der Waals surface area contributed by atoms with Crippen LogP contribution in [-0.4, -0.2) is 48.2 Å². The van der Waals surface area contributed by atoms with Crippen molar-refractivity contribution < 1.29 is 13.9 Å². The molecular formula is C21H24N2O3. The van der Waals surface area contributed by atoms with Gasteiger partial charge in [-0.1, -0.05) is 24.3 Å². The number of ether oxygens (including phenoxy) is 1. The number of piperidine rings is 3. The summed E-state index contributed by atoms with van der Waals surface area (Å²) in [5.74, 6) is 1.31. The molecular weight excluding hydrogens is 328 g/mol. The van der Waals surface area contributed by atoms with Crippen molar-refractivity contribution in [1.29, 1.82) is 0 Å². The summed E-state index contributed by atoms with van der Waals surface area (Å²) in [6, 6.07) is 11.9. The number of amides is 1. The Morgan fingerprint density at radius 2 is 1.92 bits per heavy atom. The maximum Gasteiger partial charge on any atom is 0.411 e. The highest BCUT2D eigenvalue weighted by Crippen LogP contribution is 2.37. The van der Waals surface area contributed by atoms with Crippen LogP contribution in [0.4, 0.5) is 4.79 Å². The molecule has 136 valence electrons. The van der Waals surface area contributed by atoms with Crippen LogP contribution in [0.25, 0.3) is 0 Å². The molecule has 0 radical (unpaired) electrons. The number of nitrogens with zero attached hydrogens (tertiary/aromatic N) is 2. The van der Waals surface area contributed by atoms with Gasteiger partial charge in [0.1, 0.15) is 17.9 Å². The SMILES string of the molecule is O=C(OC1CN2CCC1CC2)N1CCc2ccccc2C1c1ccco1. The summed E-state index contributed by atoms with van der Waals surface area (Å²) in [6.45, 7) is 3.82. The Balaban J connectivity index is 1.41. The van der Waals surface area contributed by atoms with Gasteiger partial charge in [-0.2, -0.15) is 0 Å². The fourth-order valence-corrected chi connectivity index (χ4v) is 4.76. The van der Waals surface area contributed by atoms with Crippen LogP contribution in [-0.2, 0) is 11.2 Å². The molecule has 3 saturated heterocycles. The van der Waals surface area contributed by atoms with E-state index in [4.69, 9.17) is 9.15 Å². The van der Waals surface area contributed by atoms with E-state index < -0.39 is 0 Å². The molecule has 4 aliphatic heterocycles. The first-order chi connectivity index (χ1) is 12.8. The van der Waals surface area contributed by atoms with E-state index in [1.807, 2.05) is 23.1 Å². The van der Waals surface area contributed by atoms with Crippen LogP contribution >= 0.6 is 0 Å². The van der Waals surface area contributed by atoms with E-state index in [-0.39, 0.29) is 18.2 Å². The lowest BCUT2D eigenvalue weighted by Crippen LogP contribution is -2.53. The van der Waals surface area contributed by atoms with Crippen molar-refractivity contribution in [3.8, 4) is 0 Å². The summed E-state index contributed by atoms with van der Waals surface area (Å²) < 4.78 is 11.7. The molecule has 5 nitrogen and oxygen atoms in total. The minimum atomic E-state index is -0.209. The Labute approximate surface area is 153 Å². The van der Waals surface area contributed by atoms with E-state index in [0.29, 0.717) is 12.5 Å². The molecule has 1 aromatic heterocycles. The first kappa shape index (κ1) is 15.9. The molecule has 2 aromatic rings. The quantitative estimate of drug-likeness (QED) is 0.830. The maximum atomic E-state index is 13.1. The third kappa shape index (κ3) is 2.71. The Hall–Kier alpha value is -2.27. The second kappa shape index (κ2) is 6.47. The van der Waals surface area contributed by atoms with Gasteiger partial charge in [0.15, 0.2) is 0 Å². The lowest BCUT2D eigenvalue weighted by atomic mass is 9.86. The van der Waals surface area contributed by atoms with Crippen molar-refractivity contribution >= 4 is 6.09 Å². The Kier molecular flexibility index (Phi) is 3.97. The first-order valence-electron chi connectivity index (χ1n) is 9.60. The van der Waals surface area contributed by atoms with E-state index in [1.165, 1.54) is 5.56 Å². The second-order valence-electron chi connectivity index (χ2n) is 7.62. The van der Waals surface area contributed by atoms with Gasteiger partial charge in [0.05, 0.1) is 6.26 Å². The van der Waals surface area contributed by atoms with Crippen LogP contribution in [0, 0.1) is 5.92 Å². The molecule has 5 heteroatoms. The third-order valence-electron chi connectivity index (χ3n) is 6.18. The number of furan rings is 1. The first-order valence-corrected chi connectivity index (χ1v) is 9.60. The van der Waals surface area contributed by atoms with Crippen LogP contribution < -0.4 is 0 Å². The van der Waals surface area contributed by atoms with Gasteiger partial charge >= 0.3 is 6.09 Å². The lowest BCUT2D eigenvalue weighted by Gasteiger charge is -2.45. The molecule has 2 atom stereocenters. The molecule has 0 saturated carbocycles. The maximum absolute atomic E-state index is 13.1. The number of carbonyl (C=O) groups excluding carboxylic acids is 1. The van der Waals surface area contributed by atoms with Crippen LogP contribution in [0.1, 0.15) is 35.8 Å². The Bertz CT molecular complexity index is 780. The van der Waals surface area contributed by atoms with Gasteiger partial charge in [0.2, 0.25) is 0 Å². The van der Waals surface area contributed by atoms with Crippen molar-refractivity contribution in [2.75, 3.05) is 26.2 Å². The zero-order valence-corrected chi connectivity index (χ0v) is 14.8. The second-order valence-corrected chi connectivity index (χ2v) is 7.62. The predicted molar refractivity (Wildman–Crippen MR) is 96.8 cm³/mol. The normalized spacial score (nSPS) is 30.1. The minimum Gasteiger partial charge on any atom is -0.467 e. The fourth-order valence-electron chi connectivity index (χ4n) is 4.76. The lowest BCUT2D eigenvalue weighted by molar-refractivity contribution is -0.0468. The number of benzene rings is 1. The summed E-state index contributed by atoms with van der Waals surface area (Å²) in [5.41, 5.74) is 2.42. The highest BCUT2D eigenvalue weighted by molar-refractivity contribution is 5.70. The van der Waals surface area contributed by atoms with E-state index in [9.17, 15) is 4.79 Å². The van der Waals surface area contributed by atoms with E-state index >= 15 is 0 Å². The highest BCUT2D eigenvalue weighted by Gasteiger charge is 2.40. The Morgan fingerprint density at radius 1 is 1.08 bits per heavy atom. The van der Waals surface area contributed by atoms with Crippen LogP contribution in [0.5, 0.6) is 0 Å². The van der Waals surface area contributed by atoms with E-state index in [1.54, 1.807) is 6.26 Å². The number of hydrogen-bond acceptors (Lipinski definition) is 4. The molecule has 1 amide bonds. The summed E-state index contributed by atoms with van der Waals surface area (Å²) in [6.07, 6.45) is 4.62. The largest absolute Gasteiger partial charge is 0.467 e. The summed E-state index contributed by atoms with van der Waals surface area (Å²) in [5, 5.41) is 0. The van der Waals surface area contributed by atoms with Crippen molar-refractivity contribution in [1.82, 2.24) is 9.80 Å². The van der Waals surface area contributed by atoms with E-state index in [2.05, 4.69) is 23.1 Å². The molecule has 0 N–H and O–H groups in total. The Morgan fingerprint density at radius 3 is 2.65 bits per heavy atom. The number of carbonyl (C=O) groups is 1. The van der Waals surface area contributed by atoms with Crippen molar-refractivity contribution in [2.45, 2.75) is 31.4 Å². The zero-order chi connectivity index (χ0) is 17.5. The molecule has 5 heterocycles. The standard InChI is InChI=1S/C21H24N2O3/c24-21(26-19-14-22-10-7-16(19)8-11-22)23-12-9-15-4-1-2-5-17(15)20(23)18-6-3-13-25-18/h1-6,13,16,19-20H,7-12,14H2. The van der Waals surface area contributed by atoms with Gasteiger partial charge in [-0.25, -0.2) is 4.79 Å². The number of hydrogen-bond donors (Lipinski definition) is 0. The molecule has 3 fully saturated rings. The topological polar surface area (TPSA) is 45.9 Å². The average Bonchev–Trinajstić information content (AvgIpc) is 3.22. The van der Waals surface area contributed by atoms with Crippen LogP contribution in [0.3, 0.4) is 0 Å². The third-order valence-corrected chi connectivity index (χ3v) is 6.18. The number of rotatable bonds is 2. The predicted octanol–water partition coefficient (Wildman–Crippen LogP) is 3.46. The van der Waals surface area contributed by atoms with Crippen molar-refractivity contribution in [3.05, 3.63) is 59.5 Å². The molecule has 0 aliphatic carbocycles. The smallest absolute Gasteiger partial charge is 0.411 e. The molecule has 6 rings (SSSR count). The van der Waals surface area contributed by atoms with E-state index in [0.717, 1.165) is 50.2 Å². The summed E-state index contributed by atoms with van der Waals surface area (Å²) in [7, 11) is 0. The molecule has 1 aromatic carbocycles. The van der Waals surface area contributed by atoms with Gasteiger partial charge in [-0.15, -0.1) is 0 Å². The van der Waals surface area contributed by atoms with Gasteiger partial charge < -0.3 is 9.15 Å². The molecule has 0 spiro atoms. The zero-order valence-electron chi connectivity index (χ0n) is 14.8. The average molecular weight is 352 g/mol. The molecule has 2 unspecified atom stereocenters. The van der Waals surface area contributed by atoms with Crippen molar-refractivity contribution in [2.24, 2.45) is 5.92 Å². The molecule has 26 heavy (non-hydrogen) atoms.